The van der Waals surface area contributed by atoms with Crippen molar-refractivity contribution in [2.24, 2.45) is 0 Å². The number of aromatic nitrogens is 3. The van der Waals surface area contributed by atoms with Gasteiger partial charge in [-0.2, -0.15) is 0 Å². The third-order valence-corrected chi connectivity index (χ3v) is 4.81. The van der Waals surface area contributed by atoms with E-state index >= 15 is 0 Å². The second-order valence-corrected chi connectivity index (χ2v) is 7.98. The molecule has 0 aliphatic carbocycles. The van der Waals surface area contributed by atoms with Crippen LogP contribution in [-0.4, -0.2) is 38.9 Å². The van der Waals surface area contributed by atoms with E-state index in [1.165, 1.54) is 11.8 Å². The Balaban J connectivity index is 1.47. The average molecular weight is 441 g/mol. The van der Waals surface area contributed by atoms with Crippen LogP contribution in [0.4, 0.5) is 5.69 Å². The van der Waals surface area contributed by atoms with Gasteiger partial charge in [-0.3, -0.25) is 9.89 Å². The van der Waals surface area contributed by atoms with Crippen LogP contribution in [0.5, 0.6) is 5.75 Å². The number of nitrogens with zero attached hydrogens (tertiary/aromatic N) is 2. The minimum atomic E-state index is -0.429. The van der Waals surface area contributed by atoms with Gasteiger partial charge >= 0.3 is 5.97 Å². The van der Waals surface area contributed by atoms with Crippen LogP contribution >= 0.6 is 11.8 Å². The summed E-state index contributed by atoms with van der Waals surface area (Å²) in [7, 11) is 0. The fourth-order valence-electron chi connectivity index (χ4n) is 2.53. The first-order valence-electron chi connectivity index (χ1n) is 9.73. The molecule has 8 nitrogen and oxygen atoms in total. The van der Waals surface area contributed by atoms with Crippen LogP contribution in [0.15, 0.2) is 53.7 Å². The summed E-state index contributed by atoms with van der Waals surface area (Å²) in [5, 5.41) is 10.1. The van der Waals surface area contributed by atoms with E-state index in [1.807, 2.05) is 31.2 Å². The van der Waals surface area contributed by atoms with E-state index in [0.717, 1.165) is 11.3 Å². The Morgan fingerprint density at radius 3 is 2.68 bits per heavy atom. The third-order valence-electron chi connectivity index (χ3n) is 3.96. The molecule has 0 saturated heterocycles. The van der Waals surface area contributed by atoms with Crippen LogP contribution in [0, 0.1) is 6.92 Å². The van der Waals surface area contributed by atoms with Gasteiger partial charge in [-0.25, -0.2) is 9.78 Å². The Hall–Kier alpha value is -3.33. The average Bonchev–Trinajstić information content (AvgIpc) is 3.19. The number of aryl methyl sites for hydroxylation is 1. The number of benzene rings is 2. The van der Waals surface area contributed by atoms with Crippen molar-refractivity contribution in [3.8, 4) is 5.75 Å². The summed E-state index contributed by atoms with van der Waals surface area (Å²) < 4.78 is 10.8. The molecule has 0 aliphatic rings. The first-order valence-corrected chi connectivity index (χ1v) is 10.7. The topological polar surface area (TPSA) is 106 Å². The van der Waals surface area contributed by atoms with E-state index in [4.69, 9.17) is 9.47 Å². The SMILES string of the molecule is Cc1ccc(OCc2nc(SCC(=O)Nc3cccc(C(=O)OC(C)C)c3)n[nH]2)cc1. The van der Waals surface area contributed by atoms with Crippen LogP contribution in [0.1, 0.15) is 35.6 Å². The number of H-pyrrole nitrogens is 1. The van der Waals surface area contributed by atoms with E-state index in [1.54, 1.807) is 38.1 Å². The fraction of sp³-hybridized carbons (Fsp3) is 0.273. The number of thioether (sulfide) groups is 1. The number of esters is 1. The molecule has 0 spiro atoms. The van der Waals surface area contributed by atoms with E-state index in [9.17, 15) is 9.59 Å². The maximum Gasteiger partial charge on any atom is 0.338 e. The van der Waals surface area contributed by atoms with Gasteiger partial charge < -0.3 is 14.8 Å². The van der Waals surface area contributed by atoms with Gasteiger partial charge in [0.1, 0.15) is 12.4 Å². The van der Waals surface area contributed by atoms with Gasteiger partial charge in [0.25, 0.3) is 0 Å². The molecule has 1 aromatic heterocycles. The van der Waals surface area contributed by atoms with Crippen LogP contribution in [0.2, 0.25) is 0 Å². The summed E-state index contributed by atoms with van der Waals surface area (Å²) in [6.45, 7) is 5.83. The number of rotatable bonds is 9. The lowest BCUT2D eigenvalue weighted by molar-refractivity contribution is -0.113. The number of carbonyl (C=O) groups excluding carboxylic acids is 2. The van der Waals surface area contributed by atoms with Crippen molar-refractivity contribution in [1.29, 1.82) is 0 Å². The molecule has 9 heteroatoms. The zero-order valence-corrected chi connectivity index (χ0v) is 18.4. The smallest absolute Gasteiger partial charge is 0.338 e. The normalized spacial score (nSPS) is 10.7. The molecule has 0 atom stereocenters. The quantitative estimate of drug-likeness (QED) is 0.383. The summed E-state index contributed by atoms with van der Waals surface area (Å²) in [5.41, 5.74) is 2.06. The number of hydrogen-bond donors (Lipinski definition) is 2. The van der Waals surface area contributed by atoms with Gasteiger partial charge in [0, 0.05) is 5.69 Å². The van der Waals surface area contributed by atoms with E-state index in [2.05, 4.69) is 20.5 Å². The molecule has 1 heterocycles. The number of nitrogens with one attached hydrogen (secondary N) is 2. The first kappa shape index (κ1) is 22.4. The number of amides is 1. The summed E-state index contributed by atoms with van der Waals surface area (Å²) in [6, 6.07) is 14.4. The van der Waals surface area contributed by atoms with Crippen molar-refractivity contribution in [2.45, 2.75) is 38.6 Å². The van der Waals surface area contributed by atoms with Crippen molar-refractivity contribution >= 4 is 29.3 Å². The zero-order valence-electron chi connectivity index (χ0n) is 17.5. The molecule has 31 heavy (non-hydrogen) atoms. The molecule has 1 amide bonds. The zero-order chi connectivity index (χ0) is 22.2. The maximum atomic E-state index is 12.3. The van der Waals surface area contributed by atoms with Crippen molar-refractivity contribution in [1.82, 2.24) is 15.2 Å². The van der Waals surface area contributed by atoms with Crippen molar-refractivity contribution in [2.75, 3.05) is 11.1 Å². The van der Waals surface area contributed by atoms with Crippen LogP contribution in [-0.2, 0) is 16.1 Å². The van der Waals surface area contributed by atoms with Crippen LogP contribution in [0.3, 0.4) is 0 Å². The molecule has 0 unspecified atom stereocenters. The molecule has 0 saturated carbocycles. The Morgan fingerprint density at radius 2 is 1.94 bits per heavy atom. The molecule has 2 aromatic carbocycles. The lowest BCUT2D eigenvalue weighted by Gasteiger charge is -2.09. The molecule has 162 valence electrons. The molecular weight excluding hydrogens is 416 g/mol. The predicted octanol–water partition coefficient (Wildman–Crippen LogP) is 3.99. The standard InChI is InChI=1S/C22H24N4O4S/c1-14(2)30-21(28)16-5-4-6-17(11-16)23-20(27)13-31-22-24-19(25-26-22)12-29-18-9-7-15(3)8-10-18/h4-11,14H,12-13H2,1-3H3,(H,23,27)(H,24,25,26). The van der Waals surface area contributed by atoms with E-state index in [-0.39, 0.29) is 24.4 Å². The van der Waals surface area contributed by atoms with Gasteiger partial charge in [0.2, 0.25) is 11.1 Å². The summed E-state index contributed by atoms with van der Waals surface area (Å²) in [5.74, 6) is 0.773. The highest BCUT2D eigenvalue weighted by Gasteiger charge is 2.12. The van der Waals surface area contributed by atoms with Crippen LogP contribution < -0.4 is 10.1 Å². The molecule has 2 N–H and O–H groups in total. The Bertz CT molecular complexity index is 1030. The minimum absolute atomic E-state index is 0.122. The highest BCUT2D eigenvalue weighted by molar-refractivity contribution is 7.99. The van der Waals surface area contributed by atoms with Crippen molar-refractivity contribution in [3.63, 3.8) is 0 Å². The summed E-state index contributed by atoms with van der Waals surface area (Å²) in [6.07, 6.45) is -0.212. The second-order valence-electron chi connectivity index (χ2n) is 7.04. The Kier molecular flexibility index (Phi) is 7.66. The molecule has 0 fully saturated rings. The lowest BCUT2D eigenvalue weighted by Crippen LogP contribution is -2.15. The maximum absolute atomic E-state index is 12.3. The van der Waals surface area contributed by atoms with Crippen LogP contribution in [0.25, 0.3) is 0 Å². The van der Waals surface area contributed by atoms with Crippen molar-refractivity contribution < 1.29 is 19.1 Å². The molecular formula is C22H24N4O4S. The highest BCUT2D eigenvalue weighted by Crippen LogP contribution is 2.17. The minimum Gasteiger partial charge on any atom is -0.486 e. The number of ether oxygens (including phenoxy) is 2. The predicted molar refractivity (Wildman–Crippen MR) is 118 cm³/mol. The highest BCUT2D eigenvalue weighted by atomic mass is 32.2. The van der Waals surface area contributed by atoms with Gasteiger partial charge in [-0.05, 0) is 51.1 Å². The van der Waals surface area contributed by atoms with Gasteiger partial charge in [0.15, 0.2) is 5.82 Å². The van der Waals surface area contributed by atoms with Crippen molar-refractivity contribution in [3.05, 3.63) is 65.5 Å². The summed E-state index contributed by atoms with van der Waals surface area (Å²) in [4.78, 5) is 28.6. The second kappa shape index (κ2) is 10.6. The lowest BCUT2D eigenvalue weighted by atomic mass is 10.2. The monoisotopic (exact) mass is 440 g/mol. The number of aromatic amines is 1. The molecule has 0 bridgehead atoms. The number of carbonyl (C=O) groups is 2. The molecule has 3 rings (SSSR count). The summed E-state index contributed by atoms with van der Waals surface area (Å²) >= 11 is 1.20. The molecule has 0 radical (unpaired) electrons. The molecule has 3 aromatic rings. The van der Waals surface area contributed by atoms with Gasteiger partial charge in [-0.1, -0.05) is 35.5 Å². The first-order chi connectivity index (χ1) is 14.9. The fourth-order valence-corrected chi connectivity index (χ4v) is 3.14. The van der Waals surface area contributed by atoms with Gasteiger partial charge in [0.05, 0.1) is 17.4 Å². The Labute approximate surface area is 184 Å². The Morgan fingerprint density at radius 1 is 1.16 bits per heavy atom. The largest absolute Gasteiger partial charge is 0.486 e. The third kappa shape index (κ3) is 7.14. The number of anilines is 1. The molecule has 0 aliphatic heterocycles. The van der Waals surface area contributed by atoms with E-state index < -0.39 is 5.97 Å². The van der Waals surface area contributed by atoms with Gasteiger partial charge in [-0.15, -0.1) is 5.10 Å². The van der Waals surface area contributed by atoms with E-state index in [0.29, 0.717) is 22.2 Å². The number of hydrogen-bond acceptors (Lipinski definition) is 7.